The largest absolute Gasteiger partial charge is 0.395 e. The van der Waals surface area contributed by atoms with Gasteiger partial charge in [0.05, 0.1) is 6.61 Å². The Labute approximate surface area is 75.7 Å². The van der Waals surface area contributed by atoms with Crippen molar-refractivity contribution in [1.82, 2.24) is 10.2 Å². The van der Waals surface area contributed by atoms with E-state index in [1.54, 1.807) is 6.92 Å². The number of hydrogen-bond acceptors (Lipinski definition) is 4. The van der Waals surface area contributed by atoms with Gasteiger partial charge >= 0.3 is 6.03 Å². The summed E-state index contributed by atoms with van der Waals surface area (Å²) in [4.78, 5) is 23.4. The number of nitrogens with two attached hydrogens (primary N) is 1. The number of hydrogen-bond donors (Lipinski definition) is 3. The van der Waals surface area contributed by atoms with Crippen molar-refractivity contribution in [2.75, 3.05) is 13.2 Å². The number of rotatable bonds is 3. The highest BCUT2D eigenvalue weighted by Gasteiger charge is 2.35. The maximum atomic E-state index is 11.1. The number of aliphatic hydroxyl groups excluding tert-OH is 1. The fourth-order valence-electron chi connectivity index (χ4n) is 1.15. The number of nitrogens with zero attached hydrogens (tertiary/aromatic N) is 1. The topological polar surface area (TPSA) is 95.7 Å². The second kappa shape index (κ2) is 3.71. The van der Waals surface area contributed by atoms with Gasteiger partial charge in [0.2, 0.25) is 0 Å². The molecular formula is C7H13N3O3. The first kappa shape index (κ1) is 9.94. The van der Waals surface area contributed by atoms with Crippen molar-refractivity contribution in [3.8, 4) is 0 Å². The summed E-state index contributed by atoms with van der Waals surface area (Å²) in [6.07, 6.45) is 0. The summed E-state index contributed by atoms with van der Waals surface area (Å²) in [5.74, 6) is -0.324. The van der Waals surface area contributed by atoms with Crippen LogP contribution in [0.15, 0.2) is 0 Å². The predicted octanol–water partition coefficient (Wildman–Crippen LogP) is -1.75. The third-order valence-electron chi connectivity index (χ3n) is 2.00. The van der Waals surface area contributed by atoms with Gasteiger partial charge in [0.1, 0.15) is 6.04 Å². The van der Waals surface area contributed by atoms with Crippen LogP contribution < -0.4 is 11.1 Å². The summed E-state index contributed by atoms with van der Waals surface area (Å²) < 4.78 is 0. The SMILES string of the molecule is CC1C(=O)NC(=O)N1CC(N)CO. The molecule has 1 saturated heterocycles. The summed E-state index contributed by atoms with van der Waals surface area (Å²) in [6.45, 7) is 1.60. The summed E-state index contributed by atoms with van der Waals surface area (Å²) in [7, 11) is 0. The van der Waals surface area contributed by atoms with Crippen LogP contribution >= 0.6 is 0 Å². The van der Waals surface area contributed by atoms with E-state index in [0.717, 1.165) is 0 Å². The molecule has 3 amide bonds. The zero-order valence-electron chi connectivity index (χ0n) is 7.36. The van der Waals surface area contributed by atoms with Crippen molar-refractivity contribution in [2.45, 2.75) is 19.0 Å². The minimum atomic E-state index is -0.501. The Bertz CT molecular complexity index is 231. The molecule has 6 nitrogen and oxygen atoms in total. The molecule has 2 atom stereocenters. The molecule has 0 aliphatic carbocycles. The molecule has 0 saturated carbocycles. The maximum absolute atomic E-state index is 11.1. The van der Waals surface area contributed by atoms with Gasteiger partial charge in [0, 0.05) is 12.6 Å². The van der Waals surface area contributed by atoms with Gasteiger partial charge < -0.3 is 15.7 Å². The normalized spacial score (nSPS) is 24.8. The molecule has 74 valence electrons. The zero-order valence-corrected chi connectivity index (χ0v) is 7.36. The van der Waals surface area contributed by atoms with E-state index in [1.807, 2.05) is 0 Å². The van der Waals surface area contributed by atoms with Crippen LogP contribution in [0.5, 0.6) is 0 Å². The predicted molar refractivity (Wildman–Crippen MR) is 44.8 cm³/mol. The Hall–Kier alpha value is -1.14. The summed E-state index contributed by atoms with van der Waals surface area (Å²) in [5, 5.41) is 10.8. The number of carbonyl (C=O) groups is 2. The van der Waals surface area contributed by atoms with Crippen molar-refractivity contribution in [3.63, 3.8) is 0 Å². The molecular weight excluding hydrogens is 174 g/mol. The maximum Gasteiger partial charge on any atom is 0.324 e. The average molecular weight is 187 g/mol. The van der Waals surface area contributed by atoms with E-state index in [4.69, 9.17) is 10.8 Å². The van der Waals surface area contributed by atoms with Gasteiger partial charge in [0.25, 0.3) is 5.91 Å². The molecule has 13 heavy (non-hydrogen) atoms. The van der Waals surface area contributed by atoms with Gasteiger partial charge in [-0.3, -0.25) is 10.1 Å². The summed E-state index contributed by atoms with van der Waals surface area (Å²) in [5.41, 5.74) is 5.44. The average Bonchev–Trinajstić information content (AvgIpc) is 2.32. The van der Waals surface area contributed by atoms with E-state index in [2.05, 4.69) is 5.32 Å². The molecule has 0 aromatic carbocycles. The van der Waals surface area contributed by atoms with Gasteiger partial charge in [-0.2, -0.15) is 0 Å². The van der Waals surface area contributed by atoms with Crippen LogP contribution in [0.1, 0.15) is 6.92 Å². The Kier molecular flexibility index (Phi) is 2.84. The van der Waals surface area contributed by atoms with Crippen molar-refractivity contribution < 1.29 is 14.7 Å². The molecule has 0 spiro atoms. The minimum Gasteiger partial charge on any atom is -0.395 e. The van der Waals surface area contributed by atoms with E-state index in [-0.39, 0.29) is 19.1 Å². The Morgan fingerprint density at radius 1 is 1.69 bits per heavy atom. The molecule has 1 aliphatic rings. The standard InChI is InChI=1S/C7H13N3O3/c1-4-6(12)9-7(13)10(4)2-5(8)3-11/h4-5,11H,2-3,8H2,1H3,(H,9,12,13). The van der Waals surface area contributed by atoms with Crippen LogP contribution in [0.4, 0.5) is 4.79 Å². The number of nitrogens with one attached hydrogen (secondary N) is 1. The highest BCUT2D eigenvalue weighted by atomic mass is 16.3. The molecule has 0 bridgehead atoms. The molecule has 2 unspecified atom stereocenters. The monoisotopic (exact) mass is 187 g/mol. The molecule has 0 radical (unpaired) electrons. The second-order valence-corrected chi connectivity index (χ2v) is 3.07. The third kappa shape index (κ3) is 1.96. The van der Waals surface area contributed by atoms with Crippen molar-refractivity contribution in [3.05, 3.63) is 0 Å². The fourth-order valence-corrected chi connectivity index (χ4v) is 1.15. The van der Waals surface area contributed by atoms with Gasteiger partial charge in [-0.1, -0.05) is 0 Å². The van der Waals surface area contributed by atoms with Crippen molar-refractivity contribution >= 4 is 11.9 Å². The Morgan fingerprint density at radius 2 is 2.31 bits per heavy atom. The van der Waals surface area contributed by atoms with Crippen LogP contribution in [0, 0.1) is 0 Å². The molecule has 6 heteroatoms. The van der Waals surface area contributed by atoms with E-state index >= 15 is 0 Å². The lowest BCUT2D eigenvalue weighted by molar-refractivity contribution is -0.121. The number of carbonyl (C=O) groups excluding carboxylic acids is 2. The first-order chi connectivity index (χ1) is 6.06. The summed E-state index contributed by atoms with van der Waals surface area (Å²) >= 11 is 0. The Morgan fingerprint density at radius 3 is 2.69 bits per heavy atom. The van der Waals surface area contributed by atoms with Gasteiger partial charge in [0.15, 0.2) is 0 Å². The van der Waals surface area contributed by atoms with E-state index in [1.165, 1.54) is 4.90 Å². The highest BCUT2D eigenvalue weighted by molar-refractivity contribution is 6.03. The van der Waals surface area contributed by atoms with Crippen LogP contribution in [-0.2, 0) is 4.79 Å². The van der Waals surface area contributed by atoms with E-state index in [9.17, 15) is 9.59 Å². The number of imide groups is 1. The lowest BCUT2D eigenvalue weighted by Gasteiger charge is -2.21. The smallest absolute Gasteiger partial charge is 0.324 e. The van der Waals surface area contributed by atoms with E-state index in [0.29, 0.717) is 0 Å². The molecule has 1 rings (SSSR count). The van der Waals surface area contributed by atoms with Crippen molar-refractivity contribution in [2.24, 2.45) is 5.73 Å². The van der Waals surface area contributed by atoms with Crippen LogP contribution in [0.2, 0.25) is 0 Å². The number of amides is 3. The van der Waals surface area contributed by atoms with Crippen LogP contribution in [0.25, 0.3) is 0 Å². The molecule has 0 aromatic heterocycles. The number of urea groups is 1. The first-order valence-electron chi connectivity index (χ1n) is 4.04. The summed E-state index contributed by atoms with van der Waals surface area (Å²) in [6, 6.07) is -1.44. The van der Waals surface area contributed by atoms with Gasteiger partial charge in [-0.25, -0.2) is 4.79 Å². The molecule has 1 fully saturated rings. The van der Waals surface area contributed by atoms with Gasteiger partial charge in [-0.15, -0.1) is 0 Å². The zero-order chi connectivity index (χ0) is 10.0. The molecule has 4 N–H and O–H groups in total. The fraction of sp³-hybridized carbons (Fsp3) is 0.714. The van der Waals surface area contributed by atoms with E-state index < -0.39 is 18.1 Å². The van der Waals surface area contributed by atoms with Gasteiger partial charge in [-0.05, 0) is 6.92 Å². The third-order valence-corrected chi connectivity index (χ3v) is 2.00. The minimum absolute atomic E-state index is 0.190. The number of aliphatic hydroxyl groups is 1. The lowest BCUT2D eigenvalue weighted by atomic mass is 10.2. The first-order valence-corrected chi connectivity index (χ1v) is 4.04. The highest BCUT2D eigenvalue weighted by Crippen LogP contribution is 2.07. The Balaban J connectivity index is 2.58. The van der Waals surface area contributed by atoms with Crippen LogP contribution in [-0.4, -0.2) is 47.2 Å². The molecule has 0 aromatic rings. The second-order valence-electron chi connectivity index (χ2n) is 3.07. The molecule has 1 aliphatic heterocycles. The quantitative estimate of drug-likeness (QED) is 0.456. The molecule has 1 heterocycles. The lowest BCUT2D eigenvalue weighted by Crippen LogP contribution is -2.44. The van der Waals surface area contributed by atoms with Crippen LogP contribution in [0.3, 0.4) is 0 Å². The van der Waals surface area contributed by atoms with Crippen molar-refractivity contribution in [1.29, 1.82) is 0 Å².